The van der Waals surface area contributed by atoms with Gasteiger partial charge in [-0.2, -0.15) is 0 Å². The van der Waals surface area contributed by atoms with Crippen molar-refractivity contribution in [3.63, 3.8) is 0 Å². The van der Waals surface area contributed by atoms with Gasteiger partial charge in [-0.25, -0.2) is 0 Å². The van der Waals surface area contributed by atoms with Crippen LogP contribution in [0.1, 0.15) is 39.2 Å². The quantitative estimate of drug-likeness (QED) is 0.458. The first-order valence-corrected chi connectivity index (χ1v) is 6.72. The zero-order valence-corrected chi connectivity index (χ0v) is 12.5. The van der Waals surface area contributed by atoms with Crippen LogP contribution in [0.3, 0.4) is 0 Å². The molecule has 0 aliphatic rings. The number of methoxy groups -OCH3 is 1. The van der Waals surface area contributed by atoms with E-state index in [0.29, 0.717) is 30.1 Å². The molecule has 0 fully saturated rings. The summed E-state index contributed by atoms with van der Waals surface area (Å²) in [5, 5.41) is 22.2. The Morgan fingerprint density at radius 3 is 2.40 bits per heavy atom. The SMILES string of the molecule is CCC(O)(CC)COc1ccc(/C(C)=N/O)cc1OC. The molecule has 0 atom stereocenters. The molecule has 0 aliphatic heterocycles. The van der Waals surface area contributed by atoms with Gasteiger partial charge in [0.05, 0.1) is 18.4 Å². The van der Waals surface area contributed by atoms with Crippen LogP contribution in [0, 0.1) is 0 Å². The second-order valence-electron chi connectivity index (χ2n) is 4.77. The molecule has 20 heavy (non-hydrogen) atoms. The van der Waals surface area contributed by atoms with E-state index in [-0.39, 0.29) is 6.61 Å². The van der Waals surface area contributed by atoms with Crippen LogP contribution in [0.5, 0.6) is 11.5 Å². The minimum Gasteiger partial charge on any atom is -0.493 e. The molecule has 1 aromatic carbocycles. The summed E-state index contributed by atoms with van der Waals surface area (Å²) in [5.74, 6) is 1.10. The van der Waals surface area contributed by atoms with Crippen molar-refractivity contribution in [2.75, 3.05) is 13.7 Å². The van der Waals surface area contributed by atoms with Gasteiger partial charge in [-0.1, -0.05) is 19.0 Å². The van der Waals surface area contributed by atoms with E-state index >= 15 is 0 Å². The first-order valence-electron chi connectivity index (χ1n) is 6.72. The molecule has 0 bridgehead atoms. The van der Waals surface area contributed by atoms with Gasteiger partial charge in [-0.3, -0.25) is 0 Å². The minimum absolute atomic E-state index is 0.211. The normalized spacial score (nSPS) is 12.3. The molecule has 0 saturated heterocycles. The van der Waals surface area contributed by atoms with E-state index < -0.39 is 5.60 Å². The Bertz CT molecular complexity index is 467. The number of oxime groups is 1. The molecule has 0 aliphatic carbocycles. The van der Waals surface area contributed by atoms with Gasteiger partial charge in [0.2, 0.25) is 0 Å². The first kappa shape index (κ1) is 16.3. The molecule has 5 nitrogen and oxygen atoms in total. The highest BCUT2D eigenvalue weighted by atomic mass is 16.5. The summed E-state index contributed by atoms with van der Waals surface area (Å²) in [6, 6.07) is 5.26. The predicted molar refractivity (Wildman–Crippen MR) is 78.0 cm³/mol. The lowest BCUT2D eigenvalue weighted by Crippen LogP contribution is -2.34. The zero-order valence-electron chi connectivity index (χ0n) is 12.5. The van der Waals surface area contributed by atoms with Gasteiger partial charge < -0.3 is 19.8 Å². The number of rotatable bonds is 7. The minimum atomic E-state index is -0.827. The summed E-state index contributed by atoms with van der Waals surface area (Å²) < 4.78 is 10.9. The summed E-state index contributed by atoms with van der Waals surface area (Å²) in [6.07, 6.45) is 1.25. The maximum absolute atomic E-state index is 10.2. The smallest absolute Gasteiger partial charge is 0.161 e. The van der Waals surface area contributed by atoms with Crippen molar-refractivity contribution in [2.45, 2.75) is 39.2 Å². The zero-order chi connectivity index (χ0) is 15.2. The second kappa shape index (κ2) is 7.14. The predicted octanol–water partition coefficient (Wildman–Crippen LogP) is 2.82. The maximum Gasteiger partial charge on any atom is 0.161 e. The Balaban J connectivity index is 2.91. The molecule has 0 aromatic heterocycles. The standard InChI is InChI=1S/C15H23NO4/c1-5-15(17,6-2)10-20-13-8-7-12(11(3)16-18)9-14(13)19-4/h7-9,17-18H,5-6,10H2,1-4H3/b16-11+. The highest BCUT2D eigenvalue weighted by Crippen LogP contribution is 2.29. The molecule has 0 unspecified atom stereocenters. The van der Waals surface area contributed by atoms with Crippen molar-refractivity contribution < 1.29 is 19.8 Å². The summed E-state index contributed by atoms with van der Waals surface area (Å²) in [7, 11) is 1.54. The number of ether oxygens (including phenoxy) is 2. The molecule has 1 rings (SSSR count). The van der Waals surface area contributed by atoms with Crippen molar-refractivity contribution in [2.24, 2.45) is 5.16 Å². The van der Waals surface area contributed by atoms with Crippen LogP contribution in [-0.4, -0.2) is 35.3 Å². The van der Waals surface area contributed by atoms with Gasteiger partial charge in [-0.15, -0.1) is 0 Å². The van der Waals surface area contributed by atoms with Crippen LogP contribution < -0.4 is 9.47 Å². The molecule has 1 aromatic rings. The van der Waals surface area contributed by atoms with Crippen LogP contribution in [0.25, 0.3) is 0 Å². The van der Waals surface area contributed by atoms with Gasteiger partial charge in [0.1, 0.15) is 6.61 Å². The first-order chi connectivity index (χ1) is 9.49. The molecule has 0 radical (unpaired) electrons. The van der Waals surface area contributed by atoms with E-state index in [9.17, 15) is 5.11 Å². The number of hydrogen-bond acceptors (Lipinski definition) is 5. The third-order valence-corrected chi connectivity index (χ3v) is 3.54. The summed E-state index contributed by atoms with van der Waals surface area (Å²) in [4.78, 5) is 0. The molecule has 0 amide bonds. The highest BCUT2D eigenvalue weighted by Gasteiger charge is 2.23. The number of aliphatic hydroxyl groups is 1. The lowest BCUT2D eigenvalue weighted by Gasteiger charge is -2.25. The fourth-order valence-electron chi connectivity index (χ4n) is 1.74. The van der Waals surface area contributed by atoms with Crippen molar-refractivity contribution in [1.82, 2.24) is 0 Å². The Morgan fingerprint density at radius 2 is 1.90 bits per heavy atom. The molecular weight excluding hydrogens is 258 g/mol. The van der Waals surface area contributed by atoms with E-state index in [2.05, 4.69) is 5.16 Å². The van der Waals surface area contributed by atoms with Gasteiger partial charge in [-0.05, 0) is 38.0 Å². The molecule has 0 heterocycles. The Morgan fingerprint density at radius 1 is 1.25 bits per heavy atom. The number of hydrogen-bond donors (Lipinski definition) is 2. The summed E-state index contributed by atoms with van der Waals surface area (Å²) >= 11 is 0. The Kier molecular flexibility index (Phi) is 5.82. The van der Waals surface area contributed by atoms with Crippen LogP contribution in [-0.2, 0) is 0 Å². The molecule has 5 heteroatoms. The lowest BCUT2D eigenvalue weighted by molar-refractivity contribution is -0.0119. The van der Waals surface area contributed by atoms with Gasteiger partial charge in [0, 0.05) is 5.56 Å². The molecule has 0 spiro atoms. The van der Waals surface area contributed by atoms with Crippen molar-refractivity contribution in [3.05, 3.63) is 23.8 Å². The molecular formula is C15H23NO4. The number of nitrogens with zero attached hydrogens (tertiary/aromatic N) is 1. The summed E-state index contributed by atoms with van der Waals surface area (Å²) in [6.45, 7) is 5.76. The molecule has 112 valence electrons. The van der Waals surface area contributed by atoms with Gasteiger partial charge in [0.15, 0.2) is 11.5 Å². The van der Waals surface area contributed by atoms with E-state index in [1.54, 1.807) is 32.2 Å². The highest BCUT2D eigenvalue weighted by molar-refractivity contribution is 5.98. The van der Waals surface area contributed by atoms with Crippen molar-refractivity contribution in [3.8, 4) is 11.5 Å². The fraction of sp³-hybridized carbons (Fsp3) is 0.533. The average Bonchev–Trinajstić information content (AvgIpc) is 2.51. The van der Waals surface area contributed by atoms with Crippen molar-refractivity contribution >= 4 is 5.71 Å². The van der Waals surface area contributed by atoms with E-state index in [0.717, 1.165) is 5.56 Å². The summed E-state index contributed by atoms with van der Waals surface area (Å²) in [5.41, 5.74) is 0.415. The van der Waals surface area contributed by atoms with Gasteiger partial charge >= 0.3 is 0 Å². The average molecular weight is 281 g/mol. The fourth-order valence-corrected chi connectivity index (χ4v) is 1.74. The van der Waals surface area contributed by atoms with Crippen molar-refractivity contribution in [1.29, 1.82) is 0 Å². The van der Waals surface area contributed by atoms with E-state index in [1.807, 2.05) is 13.8 Å². The number of benzene rings is 1. The van der Waals surface area contributed by atoms with E-state index in [4.69, 9.17) is 14.7 Å². The van der Waals surface area contributed by atoms with Crippen LogP contribution >= 0.6 is 0 Å². The topological polar surface area (TPSA) is 71.3 Å². The Labute approximate surface area is 119 Å². The maximum atomic E-state index is 10.2. The van der Waals surface area contributed by atoms with Gasteiger partial charge in [0.25, 0.3) is 0 Å². The monoisotopic (exact) mass is 281 g/mol. The molecule has 0 saturated carbocycles. The third kappa shape index (κ3) is 3.87. The van der Waals surface area contributed by atoms with E-state index in [1.165, 1.54) is 0 Å². The lowest BCUT2D eigenvalue weighted by atomic mass is 9.99. The van der Waals surface area contributed by atoms with Crippen LogP contribution in [0.15, 0.2) is 23.4 Å². The largest absolute Gasteiger partial charge is 0.493 e. The van der Waals surface area contributed by atoms with Crippen LogP contribution in [0.2, 0.25) is 0 Å². The van der Waals surface area contributed by atoms with Crippen LogP contribution in [0.4, 0.5) is 0 Å². The third-order valence-electron chi connectivity index (χ3n) is 3.54. The molecule has 2 N–H and O–H groups in total. The Hall–Kier alpha value is -1.75. The second-order valence-corrected chi connectivity index (χ2v) is 4.77.